The molecule has 3 heteroatoms. The van der Waals surface area contributed by atoms with E-state index in [0.29, 0.717) is 0 Å². The third-order valence-corrected chi connectivity index (χ3v) is 4.47. The first-order valence-electron chi connectivity index (χ1n) is 7.41. The van der Waals surface area contributed by atoms with Crippen LogP contribution < -0.4 is 17.0 Å². The summed E-state index contributed by atoms with van der Waals surface area (Å²) in [6.45, 7) is 8.81. The predicted octanol–water partition coefficient (Wildman–Crippen LogP) is 0.985. The van der Waals surface area contributed by atoms with Gasteiger partial charge in [0.15, 0.2) is 5.71 Å². The Labute approximate surface area is 133 Å². The van der Waals surface area contributed by atoms with Gasteiger partial charge in [0.25, 0.3) is 6.23 Å². The monoisotopic (exact) mass is 339 g/mol. The largest absolute Gasteiger partial charge is 1.00 e. The van der Waals surface area contributed by atoms with Crippen LogP contribution in [0.1, 0.15) is 58.9 Å². The van der Waals surface area contributed by atoms with Crippen molar-refractivity contribution in [1.82, 2.24) is 0 Å². The Hall–Kier alpha value is -0.670. The number of halogens is 1. The molecule has 1 aliphatic rings. The fraction of sp³-hybridized carbons (Fsp3) is 0.588. The zero-order valence-corrected chi connectivity index (χ0v) is 14.6. The minimum atomic E-state index is -0.394. The lowest BCUT2D eigenvalue weighted by Crippen LogP contribution is -3.00. The van der Waals surface area contributed by atoms with Crippen LogP contribution in [0.5, 0.6) is 0 Å². The van der Waals surface area contributed by atoms with Crippen LogP contribution in [0.15, 0.2) is 24.3 Å². The highest BCUT2D eigenvalue weighted by molar-refractivity contribution is 5.93. The van der Waals surface area contributed by atoms with Crippen molar-refractivity contribution in [3.05, 3.63) is 29.8 Å². The van der Waals surface area contributed by atoms with Crippen LogP contribution in [0.25, 0.3) is 0 Å². The number of rotatable bonds is 5. The topological polar surface area (TPSA) is 23.2 Å². The van der Waals surface area contributed by atoms with Gasteiger partial charge in [0.1, 0.15) is 0 Å². The molecule has 0 saturated carbocycles. The van der Waals surface area contributed by atoms with Gasteiger partial charge in [-0.15, -0.1) is 0 Å². The Bertz CT molecular complexity index is 494. The zero-order valence-electron chi connectivity index (χ0n) is 13.0. The lowest BCUT2D eigenvalue weighted by Gasteiger charge is -2.14. The van der Waals surface area contributed by atoms with Gasteiger partial charge in [0.05, 0.1) is 5.41 Å². The molecule has 1 aromatic carbocycles. The van der Waals surface area contributed by atoms with Crippen LogP contribution in [-0.4, -0.2) is 21.6 Å². The highest BCUT2D eigenvalue weighted by Crippen LogP contribution is 2.40. The van der Waals surface area contributed by atoms with E-state index in [9.17, 15) is 5.11 Å². The van der Waals surface area contributed by atoms with Gasteiger partial charge in [-0.2, -0.15) is 4.58 Å². The van der Waals surface area contributed by atoms with E-state index in [1.165, 1.54) is 29.8 Å². The van der Waals surface area contributed by atoms with Crippen LogP contribution in [-0.2, 0) is 5.41 Å². The van der Waals surface area contributed by atoms with Gasteiger partial charge in [-0.25, -0.2) is 0 Å². The lowest BCUT2D eigenvalue weighted by molar-refractivity contribution is -0.537. The van der Waals surface area contributed by atoms with Crippen LogP contribution >= 0.6 is 0 Å². The molecule has 0 saturated heterocycles. The summed E-state index contributed by atoms with van der Waals surface area (Å²) in [5.74, 6) is 0. The fourth-order valence-electron chi connectivity index (χ4n) is 2.98. The summed E-state index contributed by atoms with van der Waals surface area (Å²) in [4.78, 5) is 0. The maximum absolute atomic E-state index is 10.5. The van der Waals surface area contributed by atoms with Crippen molar-refractivity contribution >= 4 is 11.4 Å². The van der Waals surface area contributed by atoms with E-state index in [2.05, 4.69) is 56.5 Å². The summed E-state index contributed by atoms with van der Waals surface area (Å²) >= 11 is 0. The van der Waals surface area contributed by atoms with Gasteiger partial charge in [-0.3, -0.25) is 0 Å². The third kappa shape index (κ3) is 2.99. The van der Waals surface area contributed by atoms with Gasteiger partial charge < -0.3 is 22.1 Å². The molecule has 0 spiro atoms. The Morgan fingerprint density at radius 1 is 1.20 bits per heavy atom. The second kappa shape index (κ2) is 6.86. The second-order valence-electron chi connectivity index (χ2n) is 6.07. The summed E-state index contributed by atoms with van der Waals surface area (Å²) in [5.41, 5.74) is 3.76. The van der Waals surface area contributed by atoms with E-state index in [0.717, 1.165) is 12.8 Å². The van der Waals surface area contributed by atoms with Crippen LogP contribution in [0.2, 0.25) is 0 Å². The van der Waals surface area contributed by atoms with Crippen molar-refractivity contribution in [2.45, 2.75) is 65.0 Å². The summed E-state index contributed by atoms with van der Waals surface area (Å²) in [5, 5.41) is 10.5. The Kier molecular flexibility index (Phi) is 5.96. The second-order valence-corrected chi connectivity index (χ2v) is 6.07. The van der Waals surface area contributed by atoms with Crippen LogP contribution in [0.4, 0.5) is 5.69 Å². The van der Waals surface area contributed by atoms with E-state index in [1.807, 2.05) is 0 Å². The van der Waals surface area contributed by atoms with Gasteiger partial charge in [0, 0.05) is 25.0 Å². The molecule has 0 fully saturated rings. The molecule has 1 N–H and O–H groups in total. The van der Waals surface area contributed by atoms with Gasteiger partial charge >= 0.3 is 0 Å². The first-order valence-corrected chi connectivity index (χ1v) is 7.41. The van der Waals surface area contributed by atoms with Gasteiger partial charge in [-0.1, -0.05) is 38.0 Å². The molecule has 20 heavy (non-hydrogen) atoms. The average Bonchev–Trinajstić information content (AvgIpc) is 2.59. The van der Waals surface area contributed by atoms with Crippen molar-refractivity contribution < 1.29 is 26.7 Å². The number of hydrogen-bond donors (Lipinski definition) is 1. The first kappa shape index (κ1) is 17.4. The molecule has 1 heterocycles. The van der Waals surface area contributed by atoms with Crippen molar-refractivity contribution in [1.29, 1.82) is 0 Å². The smallest absolute Gasteiger partial charge is 0.260 e. The summed E-state index contributed by atoms with van der Waals surface area (Å²) in [7, 11) is 0. The molecule has 0 amide bonds. The quantitative estimate of drug-likeness (QED) is 0.627. The first-order chi connectivity index (χ1) is 9.00. The Balaban J connectivity index is 0.00000200. The molecular formula is C17H26BrNO. The minimum Gasteiger partial charge on any atom is -1.00 e. The molecular weight excluding hydrogens is 314 g/mol. The molecule has 2 nitrogen and oxygen atoms in total. The molecule has 0 radical (unpaired) electrons. The number of nitrogens with zero attached hydrogens (tertiary/aromatic N) is 1. The number of hydrogen-bond acceptors (Lipinski definition) is 1. The molecule has 0 aromatic heterocycles. The molecule has 2 rings (SSSR count). The molecule has 0 aliphatic carbocycles. The van der Waals surface area contributed by atoms with Crippen LogP contribution in [0, 0.1) is 0 Å². The number of para-hydroxylation sites is 1. The maximum atomic E-state index is 10.5. The highest BCUT2D eigenvalue weighted by atomic mass is 79.9. The normalized spacial score (nSPS) is 17.6. The summed E-state index contributed by atoms with van der Waals surface area (Å²) < 4.78 is 2.13. The van der Waals surface area contributed by atoms with Crippen molar-refractivity contribution in [3.63, 3.8) is 0 Å². The van der Waals surface area contributed by atoms with Crippen molar-refractivity contribution in [2.24, 2.45) is 0 Å². The van der Waals surface area contributed by atoms with E-state index >= 15 is 0 Å². The SMILES string of the molecule is CCCCCC(O)[N+]1=C(C)C(C)(C)c2ccccc21.[Br-]. The van der Waals surface area contributed by atoms with Gasteiger partial charge in [0.2, 0.25) is 5.69 Å². The molecule has 1 aromatic rings. The molecule has 0 bridgehead atoms. The number of fused-ring (bicyclic) bond motifs is 1. The molecule has 1 aliphatic heterocycles. The number of aliphatic hydroxyl groups excluding tert-OH is 1. The third-order valence-electron chi connectivity index (χ3n) is 4.47. The molecule has 1 atom stereocenters. The van der Waals surface area contributed by atoms with E-state index in [4.69, 9.17) is 0 Å². The number of unbranched alkanes of at least 4 members (excludes halogenated alkanes) is 2. The average molecular weight is 340 g/mol. The van der Waals surface area contributed by atoms with Gasteiger partial charge in [-0.05, 0) is 20.3 Å². The summed E-state index contributed by atoms with van der Waals surface area (Å²) in [6.07, 6.45) is 3.92. The molecule has 1 unspecified atom stereocenters. The Morgan fingerprint density at radius 2 is 1.85 bits per heavy atom. The number of benzene rings is 1. The van der Waals surface area contributed by atoms with E-state index < -0.39 is 6.23 Å². The van der Waals surface area contributed by atoms with E-state index in [1.54, 1.807) is 0 Å². The highest BCUT2D eigenvalue weighted by Gasteiger charge is 2.44. The number of aliphatic hydroxyl groups is 1. The fourth-order valence-corrected chi connectivity index (χ4v) is 2.98. The standard InChI is InChI=1S/C17H26NO.BrH/c1-5-6-7-12-16(19)18-13(2)17(3,4)14-10-8-9-11-15(14)18;/h8-11,16,19H,5-7,12H2,1-4H3;1H/q+1;/p-1. The Morgan fingerprint density at radius 3 is 2.50 bits per heavy atom. The predicted molar refractivity (Wildman–Crippen MR) is 80.2 cm³/mol. The van der Waals surface area contributed by atoms with E-state index in [-0.39, 0.29) is 22.4 Å². The van der Waals surface area contributed by atoms with Crippen molar-refractivity contribution in [2.75, 3.05) is 0 Å². The molecule has 112 valence electrons. The van der Waals surface area contributed by atoms with Crippen LogP contribution in [0.3, 0.4) is 0 Å². The minimum absolute atomic E-state index is 0. The lowest BCUT2D eigenvalue weighted by atomic mass is 9.82. The summed E-state index contributed by atoms with van der Waals surface area (Å²) in [6, 6.07) is 8.44. The zero-order chi connectivity index (χ0) is 14.0. The maximum Gasteiger partial charge on any atom is 0.260 e. The van der Waals surface area contributed by atoms with Crippen molar-refractivity contribution in [3.8, 4) is 0 Å².